The van der Waals surface area contributed by atoms with E-state index in [1.807, 2.05) is 0 Å². The highest BCUT2D eigenvalue weighted by Gasteiger charge is 2.14. The largest absolute Gasteiger partial charge is 0.508 e. The third-order valence-electron chi connectivity index (χ3n) is 2.57. The summed E-state index contributed by atoms with van der Waals surface area (Å²) >= 11 is 4.89. The summed E-state index contributed by atoms with van der Waals surface area (Å²) in [6.07, 6.45) is 1.49. The zero-order chi connectivity index (χ0) is 14.0. The summed E-state index contributed by atoms with van der Waals surface area (Å²) < 4.78 is 1.48. The summed E-state index contributed by atoms with van der Waals surface area (Å²) in [6, 6.07) is 5.90. The SMILES string of the molecule is Cn1ncc(C(N)=S)c1NC(=O)c1ccc(O)cc1. The van der Waals surface area contributed by atoms with E-state index < -0.39 is 0 Å². The topological polar surface area (TPSA) is 93.2 Å². The van der Waals surface area contributed by atoms with E-state index in [0.29, 0.717) is 16.9 Å². The van der Waals surface area contributed by atoms with E-state index >= 15 is 0 Å². The van der Waals surface area contributed by atoms with Crippen molar-refractivity contribution in [3.63, 3.8) is 0 Å². The third kappa shape index (κ3) is 2.71. The first-order chi connectivity index (χ1) is 8.99. The Morgan fingerprint density at radius 2 is 2.05 bits per heavy atom. The zero-order valence-electron chi connectivity index (χ0n) is 10.1. The minimum atomic E-state index is -0.332. The van der Waals surface area contributed by atoms with Crippen molar-refractivity contribution in [1.29, 1.82) is 0 Å². The van der Waals surface area contributed by atoms with Crippen LogP contribution in [0.15, 0.2) is 30.5 Å². The number of rotatable bonds is 3. The van der Waals surface area contributed by atoms with Gasteiger partial charge in [0.25, 0.3) is 5.91 Å². The number of thiocarbonyl (C=S) groups is 1. The molecule has 1 amide bonds. The number of carbonyl (C=O) groups is 1. The van der Waals surface area contributed by atoms with Crippen molar-refractivity contribution >= 4 is 28.9 Å². The number of phenolic OH excluding ortho intramolecular Hbond substituents is 1. The number of aromatic hydroxyl groups is 1. The number of amides is 1. The lowest BCUT2D eigenvalue weighted by atomic mass is 10.2. The van der Waals surface area contributed by atoms with Gasteiger partial charge in [0, 0.05) is 12.6 Å². The van der Waals surface area contributed by atoms with Crippen LogP contribution >= 0.6 is 12.2 Å². The lowest BCUT2D eigenvalue weighted by molar-refractivity contribution is 0.102. The molecule has 0 aliphatic heterocycles. The van der Waals surface area contributed by atoms with Crippen molar-refractivity contribution in [3.8, 4) is 5.75 Å². The standard InChI is InChI=1S/C12H12N4O2S/c1-16-11(9(6-14-16)10(13)19)15-12(18)7-2-4-8(17)5-3-7/h2-6,17H,1H3,(H2,13,19)(H,15,18). The molecule has 7 heteroatoms. The summed E-state index contributed by atoms with van der Waals surface area (Å²) in [5, 5.41) is 15.9. The Morgan fingerprint density at radius 1 is 1.42 bits per heavy atom. The molecule has 4 N–H and O–H groups in total. The first-order valence-electron chi connectivity index (χ1n) is 5.41. The Morgan fingerprint density at radius 3 is 2.63 bits per heavy atom. The van der Waals surface area contributed by atoms with Gasteiger partial charge >= 0.3 is 0 Å². The number of hydrogen-bond acceptors (Lipinski definition) is 4. The zero-order valence-corrected chi connectivity index (χ0v) is 10.9. The minimum Gasteiger partial charge on any atom is -0.508 e. The average molecular weight is 276 g/mol. The lowest BCUT2D eigenvalue weighted by Crippen LogP contribution is -2.18. The second-order valence-electron chi connectivity index (χ2n) is 3.90. The number of aryl methyl sites for hydroxylation is 1. The van der Waals surface area contributed by atoms with Gasteiger partial charge in [0.2, 0.25) is 0 Å². The van der Waals surface area contributed by atoms with Crippen LogP contribution in [0.1, 0.15) is 15.9 Å². The van der Waals surface area contributed by atoms with Crippen LogP contribution in [-0.4, -0.2) is 25.8 Å². The van der Waals surface area contributed by atoms with Crippen LogP contribution in [0.4, 0.5) is 5.82 Å². The van der Waals surface area contributed by atoms with Crippen molar-refractivity contribution in [2.24, 2.45) is 12.8 Å². The van der Waals surface area contributed by atoms with Crippen molar-refractivity contribution in [3.05, 3.63) is 41.6 Å². The molecule has 2 rings (SSSR count). The number of nitrogens with two attached hydrogens (primary N) is 1. The predicted molar refractivity (Wildman–Crippen MR) is 75.2 cm³/mol. The molecule has 1 heterocycles. The molecular weight excluding hydrogens is 264 g/mol. The fourth-order valence-electron chi connectivity index (χ4n) is 1.56. The molecule has 0 aliphatic rings. The molecule has 0 spiro atoms. The number of hydrogen-bond donors (Lipinski definition) is 3. The molecule has 19 heavy (non-hydrogen) atoms. The molecule has 0 radical (unpaired) electrons. The first kappa shape index (κ1) is 13.0. The lowest BCUT2D eigenvalue weighted by Gasteiger charge is -2.07. The number of phenols is 1. The van der Waals surface area contributed by atoms with Crippen LogP contribution in [-0.2, 0) is 7.05 Å². The van der Waals surface area contributed by atoms with E-state index in [1.165, 1.54) is 35.1 Å². The second kappa shape index (κ2) is 5.07. The summed E-state index contributed by atoms with van der Waals surface area (Å²) in [5.74, 6) is 0.201. The average Bonchev–Trinajstić information content (AvgIpc) is 2.72. The highest BCUT2D eigenvalue weighted by atomic mass is 32.1. The van der Waals surface area contributed by atoms with E-state index in [9.17, 15) is 9.90 Å². The van der Waals surface area contributed by atoms with Gasteiger partial charge in [-0.3, -0.25) is 9.48 Å². The number of nitrogens with one attached hydrogen (secondary N) is 1. The summed E-state index contributed by atoms with van der Waals surface area (Å²) in [4.78, 5) is 12.2. The molecule has 6 nitrogen and oxygen atoms in total. The molecule has 0 aliphatic carbocycles. The molecular formula is C12H12N4O2S. The number of nitrogens with zero attached hydrogens (tertiary/aromatic N) is 2. The molecule has 0 bridgehead atoms. The number of aromatic nitrogens is 2. The van der Waals surface area contributed by atoms with Crippen molar-refractivity contribution < 1.29 is 9.90 Å². The highest BCUT2D eigenvalue weighted by molar-refractivity contribution is 7.80. The molecule has 0 atom stereocenters. The fraction of sp³-hybridized carbons (Fsp3) is 0.0833. The van der Waals surface area contributed by atoms with Crippen molar-refractivity contribution in [1.82, 2.24) is 9.78 Å². The maximum atomic E-state index is 12.0. The number of anilines is 1. The molecule has 1 aromatic heterocycles. The quantitative estimate of drug-likeness (QED) is 0.728. The molecule has 0 fully saturated rings. The molecule has 0 saturated heterocycles. The van der Waals surface area contributed by atoms with Gasteiger partial charge in [0.15, 0.2) is 0 Å². The maximum absolute atomic E-state index is 12.0. The molecule has 98 valence electrons. The van der Waals surface area contributed by atoms with Gasteiger partial charge < -0.3 is 16.2 Å². The molecule has 0 unspecified atom stereocenters. The minimum absolute atomic E-state index is 0.0981. The molecule has 0 saturated carbocycles. The van der Waals surface area contributed by atoms with Crippen LogP contribution in [0.2, 0.25) is 0 Å². The summed E-state index contributed by atoms with van der Waals surface area (Å²) in [7, 11) is 1.67. The van der Waals surface area contributed by atoms with Gasteiger partial charge in [0.05, 0.1) is 11.8 Å². The van der Waals surface area contributed by atoms with Gasteiger partial charge in [-0.15, -0.1) is 0 Å². The van der Waals surface area contributed by atoms with E-state index in [0.717, 1.165) is 0 Å². The Hall–Kier alpha value is -2.41. The van der Waals surface area contributed by atoms with Crippen LogP contribution in [0.5, 0.6) is 5.75 Å². The second-order valence-corrected chi connectivity index (χ2v) is 4.34. The van der Waals surface area contributed by atoms with E-state index in [2.05, 4.69) is 10.4 Å². The Balaban J connectivity index is 2.26. The van der Waals surface area contributed by atoms with Gasteiger partial charge in [-0.05, 0) is 24.3 Å². The van der Waals surface area contributed by atoms with Gasteiger partial charge in [-0.1, -0.05) is 12.2 Å². The molecule has 1 aromatic carbocycles. The predicted octanol–water partition coefficient (Wildman–Crippen LogP) is 1.01. The van der Waals surface area contributed by atoms with Crippen LogP contribution in [0, 0.1) is 0 Å². The normalized spacial score (nSPS) is 10.2. The summed E-state index contributed by atoms with van der Waals surface area (Å²) in [5.41, 5.74) is 6.47. The Kier molecular flexibility index (Phi) is 3.48. The van der Waals surface area contributed by atoms with Gasteiger partial charge in [-0.2, -0.15) is 5.10 Å². The van der Waals surface area contributed by atoms with E-state index in [1.54, 1.807) is 7.05 Å². The molecule has 2 aromatic rings. The highest BCUT2D eigenvalue weighted by Crippen LogP contribution is 2.16. The Labute approximate surface area is 114 Å². The fourth-order valence-corrected chi connectivity index (χ4v) is 1.71. The van der Waals surface area contributed by atoms with Crippen LogP contribution in [0.25, 0.3) is 0 Å². The number of benzene rings is 1. The monoisotopic (exact) mass is 276 g/mol. The number of carbonyl (C=O) groups excluding carboxylic acids is 1. The van der Waals surface area contributed by atoms with E-state index in [4.69, 9.17) is 18.0 Å². The smallest absolute Gasteiger partial charge is 0.256 e. The maximum Gasteiger partial charge on any atom is 0.256 e. The van der Waals surface area contributed by atoms with Gasteiger partial charge in [-0.25, -0.2) is 0 Å². The Bertz CT molecular complexity index is 634. The van der Waals surface area contributed by atoms with Gasteiger partial charge in [0.1, 0.15) is 16.6 Å². The first-order valence-corrected chi connectivity index (χ1v) is 5.82. The van der Waals surface area contributed by atoms with Crippen molar-refractivity contribution in [2.45, 2.75) is 0 Å². The third-order valence-corrected chi connectivity index (χ3v) is 2.79. The van der Waals surface area contributed by atoms with Crippen molar-refractivity contribution in [2.75, 3.05) is 5.32 Å². The van der Waals surface area contributed by atoms with Crippen LogP contribution < -0.4 is 11.1 Å². The van der Waals surface area contributed by atoms with Crippen LogP contribution in [0.3, 0.4) is 0 Å². The summed E-state index contributed by atoms with van der Waals surface area (Å²) in [6.45, 7) is 0. The van der Waals surface area contributed by atoms with E-state index in [-0.39, 0.29) is 16.6 Å².